The van der Waals surface area contributed by atoms with Crippen LogP contribution in [0.4, 0.5) is 17.1 Å². The zero-order valence-electron chi connectivity index (χ0n) is 31.6. The van der Waals surface area contributed by atoms with Gasteiger partial charge in [-0.25, -0.2) is 4.98 Å². The fraction of sp³-hybridized carbons (Fsp3) is 0.0192. The van der Waals surface area contributed by atoms with Crippen LogP contribution >= 0.6 is 0 Å². The van der Waals surface area contributed by atoms with Gasteiger partial charge >= 0.3 is 0 Å². The molecule has 0 aliphatic heterocycles. The number of hydrogen-bond acceptors (Lipinski definition) is 5. The minimum absolute atomic E-state index is 0.517. The fourth-order valence-corrected chi connectivity index (χ4v) is 8.30. The molecule has 0 aliphatic rings. The Morgan fingerprint density at radius 1 is 0.448 bits per heavy atom. The van der Waals surface area contributed by atoms with Crippen LogP contribution in [0.3, 0.4) is 0 Å². The maximum atomic E-state index is 6.53. The predicted molar refractivity (Wildman–Crippen MR) is 237 cm³/mol. The fourth-order valence-electron chi connectivity index (χ4n) is 8.30. The highest BCUT2D eigenvalue weighted by molar-refractivity contribution is 6.13. The van der Waals surface area contributed by atoms with Crippen molar-refractivity contribution >= 4 is 60.8 Å². The SMILES string of the molecule is Cc1ccccc1-c1cc2c3ccccc3n(-c3nc(-c4ccccc4)nc(-c4cccc5c4oc4ccccc45)n3)c2cc1N(c1ccccc1)c1ccccc1. The number of anilines is 3. The van der Waals surface area contributed by atoms with Crippen molar-refractivity contribution in [1.29, 1.82) is 0 Å². The number of fused-ring (bicyclic) bond motifs is 6. The first-order valence-electron chi connectivity index (χ1n) is 19.5. The molecule has 0 saturated heterocycles. The van der Waals surface area contributed by atoms with Crippen LogP contribution in [0.25, 0.3) is 83.6 Å². The Morgan fingerprint density at radius 2 is 1.05 bits per heavy atom. The molecule has 0 atom stereocenters. The molecule has 6 nitrogen and oxygen atoms in total. The molecule has 0 bridgehead atoms. The van der Waals surface area contributed by atoms with Crippen LogP contribution in [0.5, 0.6) is 0 Å². The number of aryl methyl sites for hydroxylation is 1. The van der Waals surface area contributed by atoms with E-state index in [9.17, 15) is 0 Å². The summed E-state index contributed by atoms with van der Waals surface area (Å²) in [4.78, 5) is 18.1. The molecular weight excluding hydrogens is 711 g/mol. The smallest absolute Gasteiger partial charge is 0.238 e. The summed E-state index contributed by atoms with van der Waals surface area (Å²) >= 11 is 0. The van der Waals surface area contributed by atoms with Gasteiger partial charge in [-0.2, -0.15) is 9.97 Å². The van der Waals surface area contributed by atoms with Crippen molar-refractivity contribution in [3.8, 4) is 39.9 Å². The zero-order valence-corrected chi connectivity index (χ0v) is 31.6. The van der Waals surface area contributed by atoms with Crippen molar-refractivity contribution in [3.05, 3.63) is 200 Å². The molecule has 8 aromatic carbocycles. The number of furan rings is 1. The van der Waals surface area contributed by atoms with E-state index >= 15 is 0 Å². The van der Waals surface area contributed by atoms with Gasteiger partial charge in [-0.1, -0.05) is 140 Å². The summed E-state index contributed by atoms with van der Waals surface area (Å²) < 4.78 is 8.73. The molecule has 58 heavy (non-hydrogen) atoms. The molecule has 0 saturated carbocycles. The lowest BCUT2D eigenvalue weighted by molar-refractivity contribution is 0.669. The molecule has 0 aliphatic carbocycles. The Balaban J connectivity index is 1.24. The highest BCUT2D eigenvalue weighted by Crippen LogP contribution is 2.46. The first-order chi connectivity index (χ1) is 28.7. The highest BCUT2D eigenvalue weighted by atomic mass is 16.3. The van der Waals surface area contributed by atoms with E-state index in [1.807, 2.05) is 60.7 Å². The minimum Gasteiger partial charge on any atom is -0.455 e. The Bertz CT molecular complexity index is 3260. The van der Waals surface area contributed by atoms with E-state index < -0.39 is 0 Å². The molecule has 0 amide bonds. The molecule has 11 rings (SSSR count). The zero-order chi connectivity index (χ0) is 38.6. The Kier molecular flexibility index (Phi) is 7.93. The summed E-state index contributed by atoms with van der Waals surface area (Å²) in [7, 11) is 0. The Hall–Kier alpha value is -7.83. The molecule has 0 radical (unpaired) electrons. The Labute approximate surface area is 334 Å². The summed E-state index contributed by atoms with van der Waals surface area (Å²) in [5.74, 6) is 1.63. The topological polar surface area (TPSA) is 60.0 Å². The molecule has 11 aromatic rings. The van der Waals surface area contributed by atoms with Crippen molar-refractivity contribution in [1.82, 2.24) is 19.5 Å². The summed E-state index contributed by atoms with van der Waals surface area (Å²) in [6.07, 6.45) is 0. The van der Waals surface area contributed by atoms with E-state index in [0.29, 0.717) is 17.6 Å². The van der Waals surface area contributed by atoms with E-state index in [-0.39, 0.29) is 0 Å². The van der Waals surface area contributed by atoms with Gasteiger partial charge in [0.1, 0.15) is 11.2 Å². The van der Waals surface area contributed by atoms with Crippen molar-refractivity contribution in [3.63, 3.8) is 0 Å². The van der Waals surface area contributed by atoms with Crippen LogP contribution in [-0.4, -0.2) is 19.5 Å². The molecule has 274 valence electrons. The van der Waals surface area contributed by atoms with Gasteiger partial charge < -0.3 is 9.32 Å². The van der Waals surface area contributed by atoms with Gasteiger partial charge in [0.2, 0.25) is 5.95 Å². The van der Waals surface area contributed by atoms with Gasteiger partial charge in [-0.15, -0.1) is 0 Å². The lowest BCUT2D eigenvalue weighted by Crippen LogP contribution is -2.12. The Morgan fingerprint density at radius 3 is 1.81 bits per heavy atom. The van der Waals surface area contributed by atoms with Crippen molar-refractivity contribution < 1.29 is 4.42 Å². The molecule has 6 heteroatoms. The van der Waals surface area contributed by atoms with E-state index in [0.717, 1.165) is 77.5 Å². The maximum Gasteiger partial charge on any atom is 0.238 e. The van der Waals surface area contributed by atoms with E-state index in [4.69, 9.17) is 19.4 Å². The molecular formula is C52H35N5O. The number of hydrogen-bond donors (Lipinski definition) is 0. The van der Waals surface area contributed by atoms with Crippen LogP contribution in [0.1, 0.15) is 5.56 Å². The van der Waals surface area contributed by atoms with Gasteiger partial charge in [-0.3, -0.25) is 4.57 Å². The number of para-hydroxylation sites is 5. The number of nitrogens with zero attached hydrogens (tertiary/aromatic N) is 5. The van der Waals surface area contributed by atoms with Crippen LogP contribution in [0, 0.1) is 6.92 Å². The second-order valence-electron chi connectivity index (χ2n) is 14.5. The monoisotopic (exact) mass is 745 g/mol. The average molecular weight is 746 g/mol. The van der Waals surface area contributed by atoms with Crippen LogP contribution in [-0.2, 0) is 0 Å². The lowest BCUT2D eigenvalue weighted by atomic mass is 9.95. The lowest BCUT2D eigenvalue weighted by Gasteiger charge is -2.28. The third kappa shape index (κ3) is 5.53. The third-order valence-corrected chi connectivity index (χ3v) is 11.0. The van der Waals surface area contributed by atoms with Gasteiger partial charge in [0, 0.05) is 44.0 Å². The normalized spacial score (nSPS) is 11.5. The third-order valence-electron chi connectivity index (χ3n) is 11.0. The molecule has 0 spiro atoms. The first kappa shape index (κ1) is 33.5. The summed E-state index contributed by atoms with van der Waals surface area (Å²) in [5, 5.41) is 4.27. The standard InChI is InChI=1S/C52H35N5O/c1-34-18-11-12-25-38(34)43-32-44-39-26-13-15-30-45(39)57(47(44)33-46(43)56(36-21-7-3-8-22-36)37-23-9-4-10-24-37)52-54-50(35-19-5-2-6-20-35)53-51(55-52)42-29-17-28-41-40-27-14-16-31-48(40)58-49(41)42/h2-33H,1H3. The highest BCUT2D eigenvalue weighted by Gasteiger charge is 2.25. The average Bonchev–Trinajstić information content (AvgIpc) is 3.83. The molecule has 0 unspecified atom stereocenters. The number of rotatable bonds is 7. The summed E-state index contributed by atoms with van der Waals surface area (Å²) in [6, 6.07) is 67.4. The molecule has 3 aromatic heterocycles. The quantitative estimate of drug-likeness (QED) is 0.163. The second-order valence-corrected chi connectivity index (χ2v) is 14.5. The van der Waals surface area contributed by atoms with Crippen molar-refractivity contribution in [2.24, 2.45) is 0 Å². The predicted octanol–water partition coefficient (Wildman–Crippen LogP) is 13.6. The molecule has 3 heterocycles. The van der Waals surface area contributed by atoms with Crippen LogP contribution in [0.2, 0.25) is 0 Å². The van der Waals surface area contributed by atoms with Crippen molar-refractivity contribution in [2.75, 3.05) is 4.90 Å². The van der Waals surface area contributed by atoms with E-state index in [1.165, 1.54) is 11.1 Å². The van der Waals surface area contributed by atoms with Gasteiger partial charge in [-0.05, 0) is 72.6 Å². The first-order valence-corrected chi connectivity index (χ1v) is 19.5. The van der Waals surface area contributed by atoms with E-state index in [2.05, 4.69) is 150 Å². The van der Waals surface area contributed by atoms with Crippen molar-refractivity contribution in [2.45, 2.75) is 6.92 Å². The summed E-state index contributed by atoms with van der Waals surface area (Å²) in [6.45, 7) is 2.18. The van der Waals surface area contributed by atoms with Gasteiger partial charge in [0.25, 0.3) is 0 Å². The van der Waals surface area contributed by atoms with Gasteiger partial charge in [0.05, 0.1) is 22.3 Å². The minimum atomic E-state index is 0.517. The molecule has 0 N–H and O–H groups in total. The number of benzene rings is 8. The van der Waals surface area contributed by atoms with E-state index in [1.54, 1.807) is 0 Å². The molecule has 0 fully saturated rings. The van der Waals surface area contributed by atoms with Gasteiger partial charge in [0.15, 0.2) is 11.6 Å². The maximum absolute atomic E-state index is 6.53. The van der Waals surface area contributed by atoms with Crippen LogP contribution in [0.15, 0.2) is 199 Å². The number of aromatic nitrogens is 4. The summed E-state index contributed by atoms with van der Waals surface area (Å²) in [5.41, 5.74) is 11.9. The van der Waals surface area contributed by atoms with Crippen LogP contribution < -0.4 is 4.90 Å². The largest absolute Gasteiger partial charge is 0.455 e. The second kappa shape index (κ2) is 13.7.